The molecule has 0 saturated heterocycles. The van der Waals surface area contributed by atoms with Crippen molar-refractivity contribution in [2.24, 2.45) is 5.41 Å². The largest absolute Gasteiger partial charge is 0.480 e. The van der Waals surface area contributed by atoms with Gasteiger partial charge in [-0.15, -0.1) is 0 Å². The average molecular weight is 437 g/mol. The highest BCUT2D eigenvalue weighted by Crippen LogP contribution is 2.44. The molecule has 7 heteroatoms. The number of rotatable bonds is 7. The number of hydrogen-bond acceptors (Lipinski definition) is 4. The number of carbonyl (C=O) groups excluding carboxylic acids is 2. The first-order valence-electron chi connectivity index (χ1n) is 11.0. The Labute approximate surface area is 187 Å². The van der Waals surface area contributed by atoms with Gasteiger partial charge in [-0.1, -0.05) is 61.4 Å². The van der Waals surface area contributed by atoms with Crippen molar-refractivity contribution in [2.45, 2.75) is 44.6 Å². The Balaban J connectivity index is 1.38. The van der Waals surface area contributed by atoms with Gasteiger partial charge in [0.1, 0.15) is 12.6 Å². The molecule has 4 rings (SSSR count). The van der Waals surface area contributed by atoms with Crippen molar-refractivity contribution in [3.63, 3.8) is 0 Å². The number of hydrogen-bond donors (Lipinski definition) is 3. The maximum Gasteiger partial charge on any atom is 0.407 e. The van der Waals surface area contributed by atoms with Gasteiger partial charge >= 0.3 is 12.1 Å². The molecular weight excluding hydrogens is 408 g/mol. The average Bonchev–Trinajstić information content (AvgIpc) is 3.40. The zero-order valence-electron chi connectivity index (χ0n) is 18.1. The number of amides is 2. The highest BCUT2D eigenvalue weighted by molar-refractivity contribution is 5.88. The van der Waals surface area contributed by atoms with Crippen LogP contribution in [0.5, 0.6) is 0 Å². The van der Waals surface area contributed by atoms with Crippen molar-refractivity contribution in [3.8, 4) is 11.1 Å². The number of carbonyl (C=O) groups is 3. The molecular formula is C25H28N2O5. The molecule has 3 N–H and O–H groups in total. The summed E-state index contributed by atoms with van der Waals surface area (Å²) in [6.07, 6.45) is 2.36. The van der Waals surface area contributed by atoms with Gasteiger partial charge in [-0.2, -0.15) is 0 Å². The Morgan fingerprint density at radius 1 is 1.03 bits per heavy atom. The minimum absolute atomic E-state index is 0.0340. The Bertz CT molecular complexity index is 983. The van der Waals surface area contributed by atoms with Gasteiger partial charge in [0.05, 0.1) is 5.41 Å². The van der Waals surface area contributed by atoms with Crippen molar-refractivity contribution in [1.29, 1.82) is 0 Å². The lowest BCUT2D eigenvalue weighted by Gasteiger charge is -2.28. The third kappa shape index (κ3) is 4.20. The van der Waals surface area contributed by atoms with E-state index >= 15 is 0 Å². The predicted molar refractivity (Wildman–Crippen MR) is 119 cm³/mol. The van der Waals surface area contributed by atoms with Crippen LogP contribution in [0.2, 0.25) is 0 Å². The second-order valence-electron chi connectivity index (χ2n) is 8.70. The molecule has 2 aliphatic rings. The quantitative estimate of drug-likeness (QED) is 0.614. The third-order valence-corrected chi connectivity index (χ3v) is 6.68. The smallest absolute Gasteiger partial charge is 0.407 e. The highest BCUT2D eigenvalue weighted by atomic mass is 16.5. The SMILES string of the molecule is C[C@H](NC(=O)C1(CNC(=O)OCC2c3ccccc3-c3ccccc32)CCCC1)C(=O)O. The molecule has 0 aliphatic heterocycles. The molecule has 7 nitrogen and oxygen atoms in total. The summed E-state index contributed by atoms with van der Waals surface area (Å²) in [5, 5.41) is 14.4. The third-order valence-electron chi connectivity index (χ3n) is 6.68. The van der Waals surface area contributed by atoms with E-state index in [9.17, 15) is 14.4 Å². The molecule has 2 amide bonds. The van der Waals surface area contributed by atoms with Gasteiger partial charge in [-0.05, 0) is 42.0 Å². The van der Waals surface area contributed by atoms with E-state index < -0.39 is 23.5 Å². The van der Waals surface area contributed by atoms with Crippen LogP contribution in [0.15, 0.2) is 48.5 Å². The molecule has 0 heterocycles. The first-order valence-corrected chi connectivity index (χ1v) is 11.0. The normalized spacial score (nSPS) is 17.2. The van der Waals surface area contributed by atoms with Crippen LogP contribution in [-0.2, 0) is 14.3 Å². The van der Waals surface area contributed by atoms with Crippen LogP contribution in [0.1, 0.15) is 49.7 Å². The standard InChI is InChI=1S/C25H28N2O5/c1-16(22(28)29)27-23(30)25(12-6-7-13-25)15-26-24(31)32-14-21-19-10-4-2-8-17(19)18-9-3-5-11-20(18)21/h2-5,8-11,16,21H,6-7,12-15H2,1H3,(H,26,31)(H,27,30)(H,28,29)/t16-/m0/s1. The maximum absolute atomic E-state index is 12.8. The van der Waals surface area contributed by atoms with E-state index in [-0.39, 0.29) is 25.0 Å². The van der Waals surface area contributed by atoms with Gasteiger partial charge < -0.3 is 20.5 Å². The fraction of sp³-hybridized carbons (Fsp3) is 0.400. The Morgan fingerprint density at radius 2 is 1.59 bits per heavy atom. The zero-order chi connectivity index (χ0) is 22.7. The number of aliphatic carboxylic acids is 1. The lowest BCUT2D eigenvalue weighted by molar-refractivity contribution is -0.143. The number of benzene rings is 2. The van der Waals surface area contributed by atoms with Gasteiger partial charge in [0.2, 0.25) is 5.91 Å². The highest BCUT2D eigenvalue weighted by Gasteiger charge is 2.42. The van der Waals surface area contributed by atoms with Gasteiger partial charge in [-0.3, -0.25) is 9.59 Å². The lowest BCUT2D eigenvalue weighted by Crippen LogP contribution is -2.51. The topological polar surface area (TPSA) is 105 Å². The molecule has 1 atom stereocenters. The molecule has 1 fully saturated rings. The Kier molecular flexibility index (Phi) is 6.17. The number of fused-ring (bicyclic) bond motifs is 3. The van der Waals surface area contributed by atoms with E-state index in [0.29, 0.717) is 12.8 Å². The summed E-state index contributed by atoms with van der Waals surface area (Å²) in [6, 6.07) is 15.3. The number of carboxylic acids is 1. The number of nitrogens with one attached hydrogen (secondary N) is 2. The van der Waals surface area contributed by atoms with Crippen LogP contribution in [0.25, 0.3) is 11.1 Å². The van der Waals surface area contributed by atoms with E-state index in [1.165, 1.54) is 6.92 Å². The van der Waals surface area contributed by atoms with Crippen molar-refractivity contribution in [3.05, 3.63) is 59.7 Å². The fourth-order valence-electron chi connectivity index (χ4n) is 4.84. The first-order chi connectivity index (χ1) is 15.4. The molecule has 0 bridgehead atoms. The summed E-state index contributed by atoms with van der Waals surface area (Å²) in [5.74, 6) is -1.45. The van der Waals surface area contributed by atoms with Crippen molar-refractivity contribution in [2.75, 3.05) is 13.2 Å². The van der Waals surface area contributed by atoms with Crippen LogP contribution in [0.4, 0.5) is 4.79 Å². The molecule has 32 heavy (non-hydrogen) atoms. The molecule has 1 saturated carbocycles. The van der Waals surface area contributed by atoms with Gasteiger partial charge in [0, 0.05) is 12.5 Å². The number of ether oxygens (including phenoxy) is 1. The number of carboxylic acid groups (broad SMARTS) is 1. The second-order valence-corrected chi connectivity index (χ2v) is 8.70. The summed E-state index contributed by atoms with van der Waals surface area (Å²) < 4.78 is 5.57. The van der Waals surface area contributed by atoms with Crippen LogP contribution in [0, 0.1) is 5.41 Å². The predicted octanol–water partition coefficient (Wildman–Crippen LogP) is 3.67. The summed E-state index contributed by atoms with van der Waals surface area (Å²) >= 11 is 0. The maximum atomic E-state index is 12.8. The van der Waals surface area contributed by atoms with E-state index in [4.69, 9.17) is 9.84 Å². The molecule has 2 aliphatic carbocycles. The lowest BCUT2D eigenvalue weighted by atomic mass is 9.84. The van der Waals surface area contributed by atoms with Crippen LogP contribution in [0.3, 0.4) is 0 Å². The molecule has 2 aromatic rings. The summed E-state index contributed by atoms with van der Waals surface area (Å²) in [4.78, 5) is 36.4. The summed E-state index contributed by atoms with van der Waals surface area (Å²) in [6.45, 7) is 1.76. The van der Waals surface area contributed by atoms with E-state index in [1.807, 2.05) is 24.3 Å². The van der Waals surface area contributed by atoms with Crippen molar-refractivity contribution < 1.29 is 24.2 Å². The summed E-state index contributed by atoms with van der Waals surface area (Å²) in [5.41, 5.74) is 3.79. The fourth-order valence-corrected chi connectivity index (χ4v) is 4.84. The van der Waals surface area contributed by atoms with Gasteiger partial charge in [-0.25, -0.2) is 4.79 Å². The van der Waals surface area contributed by atoms with Crippen LogP contribution >= 0.6 is 0 Å². The van der Waals surface area contributed by atoms with E-state index in [2.05, 4.69) is 34.9 Å². The van der Waals surface area contributed by atoms with E-state index in [0.717, 1.165) is 35.1 Å². The summed E-state index contributed by atoms with van der Waals surface area (Å²) in [7, 11) is 0. The second kappa shape index (κ2) is 9.02. The van der Waals surface area contributed by atoms with E-state index in [1.54, 1.807) is 0 Å². The minimum atomic E-state index is -1.09. The molecule has 0 spiro atoms. The van der Waals surface area contributed by atoms with Crippen molar-refractivity contribution in [1.82, 2.24) is 10.6 Å². The van der Waals surface area contributed by atoms with Crippen LogP contribution < -0.4 is 10.6 Å². The molecule has 0 unspecified atom stereocenters. The number of alkyl carbamates (subject to hydrolysis) is 1. The van der Waals surface area contributed by atoms with Crippen molar-refractivity contribution >= 4 is 18.0 Å². The minimum Gasteiger partial charge on any atom is -0.480 e. The molecule has 2 aromatic carbocycles. The van der Waals surface area contributed by atoms with Gasteiger partial charge in [0.15, 0.2) is 0 Å². The monoisotopic (exact) mass is 436 g/mol. The molecule has 0 aromatic heterocycles. The first kappa shape index (κ1) is 21.9. The molecule has 168 valence electrons. The Hall–Kier alpha value is -3.35. The zero-order valence-corrected chi connectivity index (χ0v) is 18.1. The van der Waals surface area contributed by atoms with Gasteiger partial charge in [0.25, 0.3) is 0 Å². The Morgan fingerprint density at radius 3 is 2.16 bits per heavy atom. The van der Waals surface area contributed by atoms with Crippen LogP contribution in [-0.4, -0.2) is 42.3 Å². The molecule has 0 radical (unpaired) electrons.